The topological polar surface area (TPSA) is 56.4 Å². The third kappa shape index (κ3) is 4.75. The monoisotopic (exact) mass is 268 g/mol. The Labute approximate surface area is 116 Å². The van der Waals surface area contributed by atoms with E-state index in [-0.39, 0.29) is 11.9 Å². The van der Waals surface area contributed by atoms with Crippen LogP contribution in [0.4, 0.5) is 0 Å². The number of nitrogens with one attached hydrogen (secondary N) is 3. The first-order chi connectivity index (χ1) is 9.15. The Hall–Kier alpha value is -0.650. The zero-order valence-electron chi connectivity index (χ0n) is 12.2. The van der Waals surface area contributed by atoms with Crippen molar-refractivity contribution in [2.24, 2.45) is 5.92 Å². The normalized spacial score (nSPS) is 30.2. The molecule has 0 radical (unpaired) electrons. The zero-order chi connectivity index (χ0) is 13.7. The highest BCUT2D eigenvalue weighted by atomic mass is 16.2. The van der Waals surface area contributed by atoms with E-state index in [1.807, 2.05) is 0 Å². The van der Waals surface area contributed by atoms with Gasteiger partial charge in [-0.3, -0.25) is 4.79 Å². The predicted molar refractivity (Wildman–Crippen MR) is 77.1 cm³/mol. The molecule has 0 aromatic heterocycles. The summed E-state index contributed by atoms with van der Waals surface area (Å²) < 4.78 is 0. The number of amides is 1. The van der Waals surface area contributed by atoms with Gasteiger partial charge < -0.3 is 20.9 Å². The van der Waals surface area contributed by atoms with E-state index < -0.39 is 0 Å². The third-order valence-electron chi connectivity index (χ3n) is 4.35. The number of carbonyl (C=O) groups is 1. The van der Waals surface area contributed by atoms with Gasteiger partial charge in [-0.2, -0.15) is 0 Å². The highest BCUT2D eigenvalue weighted by molar-refractivity contribution is 5.82. The minimum Gasteiger partial charge on any atom is -0.355 e. The van der Waals surface area contributed by atoms with E-state index in [0.29, 0.717) is 6.04 Å². The fourth-order valence-electron chi connectivity index (χ4n) is 2.84. The quantitative estimate of drug-likeness (QED) is 0.660. The van der Waals surface area contributed by atoms with Crippen molar-refractivity contribution in [1.29, 1.82) is 0 Å². The smallest absolute Gasteiger partial charge is 0.238 e. The van der Waals surface area contributed by atoms with Crippen molar-refractivity contribution >= 4 is 5.91 Å². The molecule has 5 nitrogen and oxygen atoms in total. The molecule has 2 fully saturated rings. The van der Waals surface area contributed by atoms with E-state index in [1.54, 1.807) is 0 Å². The minimum atomic E-state index is -0.0614. The second-order valence-corrected chi connectivity index (χ2v) is 6.10. The van der Waals surface area contributed by atoms with Crippen molar-refractivity contribution in [3.05, 3.63) is 0 Å². The van der Waals surface area contributed by atoms with Gasteiger partial charge in [0.15, 0.2) is 0 Å². The highest BCUT2D eigenvalue weighted by Crippen LogP contribution is 2.18. The highest BCUT2D eigenvalue weighted by Gasteiger charge is 2.23. The first-order valence-corrected chi connectivity index (χ1v) is 7.58. The maximum atomic E-state index is 12.0. The fraction of sp³-hybridized carbons (Fsp3) is 0.929. The van der Waals surface area contributed by atoms with Crippen LogP contribution in [0, 0.1) is 5.92 Å². The minimum absolute atomic E-state index is 0.0614. The Bertz CT molecular complexity index is 281. The predicted octanol–water partition coefficient (Wildman–Crippen LogP) is -0.216. The van der Waals surface area contributed by atoms with E-state index in [1.165, 1.54) is 25.9 Å². The van der Waals surface area contributed by atoms with Gasteiger partial charge in [0.25, 0.3) is 0 Å². The maximum Gasteiger partial charge on any atom is 0.238 e. The first-order valence-electron chi connectivity index (χ1n) is 7.58. The van der Waals surface area contributed by atoms with Crippen LogP contribution in [0.1, 0.15) is 26.2 Å². The number of piperidine rings is 1. The summed E-state index contributed by atoms with van der Waals surface area (Å²) >= 11 is 0. The molecule has 110 valence electrons. The number of carbonyl (C=O) groups excluding carboxylic acids is 1. The molecule has 2 atom stereocenters. The van der Waals surface area contributed by atoms with Crippen LogP contribution in [-0.2, 0) is 4.79 Å². The second-order valence-electron chi connectivity index (χ2n) is 6.10. The van der Waals surface area contributed by atoms with Crippen molar-refractivity contribution in [3.63, 3.8) is 0 Å². The number of likely N-dealkylation sites (tertiary alicyclic amines) is 1. The molecule has 2 unspecified atom stereocenters. The Morgan fingerprint density at radius 3 is 2.63 bits per heavy atom. The van der Waals surface area contributed by atoms with E-state index in [4.69, 9.17) is 0 Å². The molecule has 2 aliphatic heterocycles. The lowest BCUT2D eigenvalue weighted by atomic mass is 9.94. The average molecular weight is 268 g/mol. The molecule has 2 rings (SSSR count). The molecule has 3 N–H and O–H groups in total. The molecular formula is C14H28N4O. The van der Waals surface area contributed by atoms with Crippen molar-refractivity contribution in [3.8, 4) is 0 Å². The van der Waals surface area contributed by atoms with E-state index in [0.717, 1.165) is 32.0 Å². The summed E-state index contributed by atoms with van der Waals surface area (Å²) in [5.74, 6) is 0.932. The molecule has 2 aliphatic rings. The van der Waals surface area contributed by atoms with E-state index in [2.05, 4.69) is 34.8 Å². The standard InChI is InChI=1S/C14H28N4O/c1-11-9-17-13(10-16-11)14(19)15-6-3-12-4-7-18(2)8-5-12/h11-13,16-17H,3-10H2,1-2H3,(H,15,19). The molecule has 0 bridgehead atoms. The van der Waals surface area contributed by atoms with Crippen LogP contribution in [0.3, 0.4) is 0 Å². The van der Waals surface area contributed by atoms with E-state index in [9.17, 15) is 4.79 Å². The maximum absolute atomic E-state index is 12.0. The molecule has 2 heterocycles. The number of rotatable bonds is 4. The summed E-state index contributed by atoms with van der Waals surface area (Å²) in [7, 11) is 2.18. The van der Waals surface area contributed by atoms with Crippen LogP contribution in [0.2, 0.25) is 0 Å². The first kappa shape index (κ1) is 14.8. The summed E-state index contributed by atoms with van der Waals surface area (Å²) in [6, 6.07) is 0.400. The number of piperazine rings is 1. The average Bonchev–Trinajstić information content (AvgIpc) is 2.41. The van der Waals surface area contributed by atoms with Crippen LogP contribution in [0.25, 0.3) is 0 Å². The molecular weight excluding hydrogens is 240 g/mol. The second kappa shape index (κ2) is 7.22. The molecule has 0 spiro atoms. The lowest BCUT2D eigenvalue weighted by Gasteiger charge is -2.30. The number of hydrogen-bond acceptors (Lipinski definition) is 4. The summed E-state index contributed by atoms with van der Waals surface area (Å²) in [6.07, 6.45) is 3.66. The summed E-state index contributed by atoms with van der Waals surface area (Å²) in [5, 5.41) is 9.68. The molecule has 1 amide bonds. The Balaban J connectivity index is 1.59. The van der Waals surface area contributed by atoms with E-state index >= 15 is 0 Å². The number of nitrogens with zero attached hydrogens (tertiary/aromatic N) is 1. The van der Waals surface area contributed by atoms with Crippen LogP contribution in [-0.4, -0.2) is 62.7 Å². The van der Waals surface area contributed by atoms with Gasteiger partial charge in [0.05, 0.1) is 6.04 Å². The summed E-state index contributed by atoms with van der Waals surface area (Å²) in [6.45, 7) is 6.95. The third-order valence-corrected chi connectivity index (χ3v) is 4.35. The van der Waals surface area contributed by atoms with Gasteiger partial charge in [-0.1, -0.05) is 0 Å². The van der Waals surface area contributed by atoms with Gasteiger partial charge in [-0.15, -0.1) is 0 Å². The van der Waals surface area contributed by atoms with Crippen molar-refractivity contribution in [1.82, 2.24) is 20.9 Å². The lowest BCUT2D eigenvalue weighted by molar-refractivity contribution is -0.123. The van der Waals surface area contributed by atoms with Crippen molar-refractivity contribution < 1.29 is 4.79 Å². The van der Waals surface area contributed by atoms with Gasteiger partial charge >= 0.3 is 0 Å². The molecule has 0 aliphatic carbocycles. The van der Waals surface area contributed by atoms with Crippen LogP contribution in [0.15, 0.2) is 0 Å². The van der Waals surface area contributed by atoms with Crippen LogP contribution in [0.5, 0.6) is 0 Å². The molecule has 2 saturated heterocycles. The summed E-state index contributed by atoms with van der Waals surface area (Å²) in [5.41, 5.74) is 0. The fourth-order valence-corrected chi connectivity index (χ4v) is 2.84. The molecule has 0 aromatic carbocycles. The molecule has 5 heteroatoms. The van der Waals surface area contributed by atoms with Gasteiger partial charge in [-0.05, 0) is 52.2 Å². The van der Waals surface area contributed by atoms with Gasteiger partial charge in [-0.25, -0.2) is 0 Å². The van der Waals surface area contributed by atoms with Crippen molar-refractivity contribution in [2.75, 3.05) is 39.8 Å². The Morgan fingerprint density at radius 2 is 2.00 bits per heavy atom. The van der Waals surface area contributed by atoms with Crippen LogP contribution < -0.4 is 16.0 Å². The van der Waals surface area contributed by atoms with Gasteiger partial charge in [0.2, 0.25) is 5.91 Å². The largest absolute Gasteiger partial charge is 0.355 e. The molecule has 0 saturated carbocycles. The SMILES string of the molecule is CC1CNC(C(=O)NCCC2CCN(C)CC2)CN1. The summed E-state index contributed by atoms with van der Waals surface area (Å²) in [4.78, 5) is 14.4. The lowest BCUT2D eigenvalue weighted by Crippen LogP contribution is -2.59. The van der Waals surface area contributed by atoms with Crippen LogP contribution >= 0.6 is 0 Å². The molecule has 19 heavy (non-hydrogen) atoms. The Kier molecular flexibility index (Phi) is 5.60. The van der Waals surface area contributed by atoms with Gasteiger partial charge in [0.1, 0.15) is 0 Å². The Morgan fingerprint density at radius 1 is 1.26 bits per heavy atom. The van der Waals surface area contributed by atoms with Crippen molar-refractivity contribution in [2.45, 2.75) is 38.3 Å². The molecule has 0 aromatic rings. The zero-order valence-corrected chi connectivity index (χ0v) is 12.2. The van der Waals surface area contributed by atoms with Gasteiger partial charge in [0, 0.05) is 25.7 Å². The number of hydrogen-bond donors (Lipinski definition) is 3.